The molecule has 50 heavy (non-hydrogen) atoms. The predicted molar refractivity (Wildman–Crippen MR) is 179 cm³/mol. The molecule has 15 nitrogen and oxygen atoms in total. The van der Waals surface area contributed by atoms with Crippen molar-refractivity contribution in [2.75, 3.05) is 72.5 Å². The molecule has 0 saturated carbocycles. The number of carbonyl (C=O) groups is 2. The molecule has 3 fully saturated rings. The van der Waals surface area contributed by atoms with Crippen LogP contribution in [-0.2, 0) is 55.8 Å². The van der Waals surface area contributed by atoms with Gasteiger partial charge in [0.25, 0.3) is 0 Å². The lowest BCUT2D eigenvalue weighted by molar-refractivity contribution is -0.211. The van der Waals surface area contributed by atoms with Crippen molar-refractivity contribution in [2.45, 2.75) is 83.1 Å². The second-order valence-electron chi connectivity index (χ2n) is 13.3. The number of fused-ring (bicyclic) bond motifs is 4. The van der Waals surface area contributed by atoms with Crippen molar-refractivity contribution in [2.24, 2.45) is 5.92 Å². The first kappa shape index (κ1) is 38.4. The number of nitrogens with zero attached hydrogens (tertiary/aromatic N) is 3. The van der Waals surface area contributed by atoms with Gasteiger partial charge in [-0.3, -0.25) is 9.59 Å². The standard InChI is InChI=1S/C35H53N5O10/c1-26-31-32(49-34(2,3)48-31)35(25-47-33(26)50-35)24-40-22-28(38-39-40)23-46-18-9-16-44-14-7-13-43-15-8-17-45-19-12-37-30(42)21-36-20-29(41)27-10-5-4-6-11-27/h4-6,10-11,22,26,31-33,36H,7-9,12-21,23-25H2,1-3H3,(H,37,42)/t26-,31-,32-,33+,35+/m1/s1. The van der Waals surface area contributed by atoms with Gasteiger partial charge in [-0.1, -0.05) is 42.5 Å². The second kappa shape index (κ2) is 19.1. The summed E-state index contributed by atoms with van der Waals surface area (Å²) < 4.78 is 49.2. The van der Waals surface area contributed by atoms with Gasteiger partial charge < -0.3 is 48.5 Å². The van der Waals surface area contributed by atoms with Gasteiger partial charge >= 0.3 is 0 Å². The largest absolute Gasteiger partial charge is 0.381 e. The van der Waals surface area contributed by atoms with Crippen molar-refractivity contribution in [3.8, 4) is 0 Å². The Kier molecular flexibility index (Phi) is 14.7. The zero-order chi connectivity index (χ0) is 35.2. The predicted octanol–water partition coefficient (Wildman–Crippen LogP) is 1.89. The van der Waals surface area contributed by atoms with Gasteiger partial charge in [-0.15, -0.1) is 5.10 Å². The number of carbonyl (C=O) groups excluding carboxylic acids is 2. The van der Waals surface area contributed by atoms with Crippen LogP contribution in [0.2, 0.25) is 0 Å². The Morgan fingerprint density at radius 1 is 0.900 bits per heavy atom. The topological polar surface area (TPSA) is 163 Å². The molecule has 5 rings (SSSR count). The number of amides is 1. The first-order chi connectivity index (χ1) is 24.2. The molecule has 0 radical (unpaired) electrons. The maximum Gasteiger partial charge on any atom is 0.234 e. The number of ether oxygens (including phenoxy) is 8. The summed E-state index contributed by atoms with van der Waals surface area (Å²) in [5, 5.41) is 14.2. The van der Waals surface area contributed by atoms with Gasteiger partial charge in [0.15, 0.2) is 17.9 Å². The Morgan fingerprint density at radius 2 is 1.58 bits per heavy atom. The van der Waals surface area contributed by atoms with Crippen LogP contribution in [0.4, 0.5) is 0 Å². The Bertz CT molecular complexity index is 1330. The molecule has 2 N–H and O–H groups in total. The number of ketones is 1. The molecule has 3 aliphatic heterocycles. The fourth-order valence-electron chi connectivity index (χ4n) is 6.21. The van der Waals surface area contributed by atoms with Crippen molar-refractivity contribution >= 4 is 11.7 Å². The molecule has 278 valence electrons. The van der Waals surface area contributed by atoms with E-state index in [4.69, 9.17) is 37.9 Å². The number of hydrogen-bond acceptors (Lipinski definition) is 13. The van der Waals surface area contributed by atoms with Crippen molar-refractivity contribution in [1.29, 1.82) is 0 Å². The molecule has 1 aromatic carbocycles. The highest BCUT2D eigenvalue weighted by Crippen LogP contribution is 2.49. The van der Waals surface area contributed by atoms with Crippen LogP contribution in [0.1, 0.15) is 56.1 Å². The van der Waals surface area contributed by atoms with E-state index >= 15 is 0 Å². The molecule has 0 spiro atoms. The summed E-state index contributed by atoms with van der Waals surface area (Å²) >= 11 is 0. The van der Waals surface area contributed by atoms with E-state index in [1.165, 1.54) is 0 Å². The third kappa shape index (κ3) is 11.3. The number of nitrogens with one attached hydrogen (secondary N) is 2. The van der Waals surface area contributed by atoms with Gasteiger partial charge in [-0.2, -0.15) is 0 Å². The highest BCUT2D eigenvalue weighted by Gasteiger charge is 2.64. The molecule has 1 amide bonds. The molecule has 15 heteroatoms. The number of aromatic nitrogens is 3. The molecule has 2 aromatic rings. The molecule has 0 aliphatic carbocycles. The Labute approximate surface area is 293 Å². The number of Topliss-reactive ketones (excluding diaryl/α,β-unsaturated/α-hetero) is 1. The maximum atomic E-state index is 12.0. The molecule has 3 saturated heterocycles. The maximum absolute atomic E-state index is 12.0. The van der Waals surface area contributed by atoms with Crippen molar-refractivity contribution < 1.29 is 47.5 Å². The summed E-state index contributed by atoms with van der Waals surface area (Å²) in [5.74, 6) is -0.816. The van der Waals surface area contributed by atoms with Crippen molar-refractivity contribution in [1.82, 2.24) is 25.6 Å². The number of benzene rings is 1. The van der Waals surface area contributed by atoms with E-state index in [-0.39, 0.29) is 49.2 Å². The highest BCUT2D eigenvalue weighted by atomic mass is 16.8. The van der Waals surface area contributed by atoms with Gasteiger partial charge in [0.2, 0.25) is 5.91 Å². The summed E-state index contributed by atoms with van der Waals surface area (Å²) in [4.78, 5) is 23.9. The molecule has 3 aliphatic rings. The van der Waals surface area contributed by atoms with Gasteiger partial charge in [0.1, 0.15) is 17.4 Å². The van der Waals surface area contributed by atoms with E-state index in [0.29, 0.717) is 78.1 Å². The van der Waals surface area contributed by atoms with Crippen LogP contribution in [0, 0.1) is 5.92 Å². The van der Waals surface area contributed by atoms with Crippen LogP contribution < -0.4 is 10.6 Å². The van der Waals surface area contributed by atoms with E-state index < -0.39 is 11.4 Å². The van der Waals surface area contributed by atoms with Crippen molar-refractivity contribution in [3.05, 3.63) is 47.8 Å². The zero-order valence-electron chi connectivity index (χ0n) is 29.5. The third-order valence-electron chi connectivity index (χ3n) is 8.67. The lowest BCUT2D eigenvalue weighted by Gasteiger charge is -2.41. The first-order valence-electron chi connectivity index (χ1n) is 17.7. The van der Waals surface area contributed by atoms with Crippen LogP contribution >= 0.6 is 0 Å². The molecular formula is C35H53N5O10. The molecule has 0 unspecified atom stereocenters. The van der Waals surface area contributed by atoms with Gasteiger partial charge in [0.05, 0.1) is 51.8 Å². The van der Waals surface area contributed by atoms with Crippen LogP contribution in [0.25, 0.3) is 0 Å². The minimum Gasteiger partial charge on any atom is -0.381 e. The van der Waals surface area contributed by atoms with Crippen molar-refractivity contribution in [3.63, 3.8) is 0 Å². The smallest absolute Gasteiger partial charge is 0.234 e. The first-order valence-corrected chi connectivity index (χ1v) is 17.7. The SMILES string of the molecule is C[C@H]1[C@H]2OC[C@](Cn3cc(COCCCOCCCOCCCOCCNC(=O)CNCC(=O)c4ccccc4)nn3)(O2)[C@@H]2OC(C)(C)O[C@H]12. The van der Waals surface area contributed by atoms with Crippen LogP contribution in [0.15, 0.2) is 36.5 Å². The monoisotopic (exact) mass is 703 g/mol. The van der Waals surface area contributed by atoms with Crippen LogP contribution in [-0.4, -0.2) is 129 Å². The summed E-state index contributed by atoms with van der Waals surface area (Å²) in [6, 6.07) is 8.99. The third-order valence-corrected chi connectivity index (χ3v) is 8.67. The Balaban J connectivity index is 0.791. The Hall–Kier alpha value is -2.86. The quantitative estimate of drug-likeness (QED) is 0.121. The molecule has 4 heterocycles. The summed E-state index contributed by atoms with van der Waals surface area (Å²) in [5.41, 5.74) is 0.695. The molecular weight excluding hydrogens is 650 g/mol. The number of rotatable bonds is 24. The van der Waals surface area contributed by atoms with Gasteiger partial charge in [-0.05, 0) is 33.1 Å². The summed E-state index contributed by atoms with van der Waals surface area (Å²) in [6.45, 7) is 11.8. The van der Waals surface area contributed by atoms with E-state index in [1.807, 2.05) is 38.2 Å². The minimum absolute atomic E-state index is 0.0496. The van der Waals surface area contributed by atoms with Crippen LogP contribution in [0.3, 0.4) is 0 Å². The molecule has 2 bridgehead atoms. The lowest BCUT2D eigenvalue weighted by atomic mass is 9.85. The molecule has 1 aromatic heterocycles. The average Bonchev–Trinajstić information content (AvgIpc) is 3.82. The number of hydrogen-bond donors (Lipinski definition) is 2. The normalized spacial score (nSPS) is 25.1. The van der Waals surface area contributed by atoms with E-state index in [1.54, 1.807) is 16.8 Å². The van der Waals surface area contributed by atoms with E-state index in [9.17, 15) is 9.59 Å². The fraction of sp³-hybridized carbons (Fsp3) is 0.714. The van der Waals surface area contributed by atoms with E-state index in [2.05, 4.69) is 27.9 Å². The lowest BCUT2D eigenvalue weighted by Crippen LogP contribution is -2.58. The summed E-state index contributed by atoms with van der Waals surface area (Å²) in [7, 11) is 0. The molecule has 5 atom stereocenters. The fourth-order valence-corrected chi connectivity index (χ4v) is 6.21. The summed E-state index contributed by atoms with van der Waals surface area (Å²) in [6.07, 6.45) is 3.58. The zero-order valence-corrected chi connectivity index (χ0v) is 29.5. The second-order valence-corrected chi connectivity index (χ2v) is 13.3. The van der Waals surface area contributed by atoms with Crippen LogP contribution in [0.5, 0.6) is 0 Å². The minimum atomic E-state index is -0.673. The highest BCUT2D eigenvalue weighted by molar-refractivity contribution is 5.97. The Morgan fingerprint density at radius 3 is 2.30 bits per heavy atom. The van der Waals surface area contributed by atoms with Gasteiger partial charge in [-0.25, -0.2) is 4.68 Å². The average molecular weight is 704 g/mol. The van der Waals surface area contributed by atoms with E-state index in [0.717, 1.165) is 25.0 Å². The van der Waals surface area contributed by atoms with Gasteiger partial charge in [0, 0.05) is 57.7 Å².